The minimum absolute atomic E-state index is 0.522. The second-order valence-corrected chi connectivity index (χ2v) is 5.08. The average Bonchev–Trinajstić information content (AvgIpc) is 2.56. The summed E-state index contributed by atoms with van der Waals surface area (Å²) < 4.78 is 5.03. The monoisotopic (exact) mass is 313 g/mol. The van der Waals surface area contributed by atoms with Gasteiger partial charge in [-0.15, -0.1) is 0 Å². The molecule has 2 aromatic rings. The molecule has 0 saturated carbocycles. The number of hydrogen-bond donors (Lipinski definition) is 2. The first kappa shape index (κ1) is 16.4. The summed E-state index contributed by atoms with van der Waals surface area (Å²) in [6.45, 7) is 0. The fourth-order valence-corrected chi connectivity index (χ4v) is 1.89. The third-order valence-electron chi connectivity index (χ3n) is 3.20. The number of methoxy groups -OCH3 is 1. The van der Waals surface area contributed by atoms with Gasteiger partial charge in [0, 0.05) is 31.2 Å². The zero-order valence-corrected chi connectivity index (χ0v) is 13.3. The summed E-state index contributed by atoms with van der Waals surface area (Å²) in [6.07, 6.45) is 0. The molecule has 0 aromatic heterocycles. The van der Waals surface area contributed by atoms with Crippen molar-refractivity contribution in [1.29, 1.82) is 0 Å². The highest BCUT2D eigenvalue weighted by molar-refractivity contribution is 6.43. The predicted octanol–water partition coefficient (Wildman–Crippen LogP) is 2.34. The van der Waals surface area contributed by atoms with E-state index in [9.17, 15) is 9.59 Å². The first-order valence-electron chi connectivity index (χ1n) is 7.03. The molecule has 0 spiro atoms. The van der Waals surface area contributed by atoms with Crippen molar-refractivity contribution in [2.75, 3.05) is 36.7 Å². The van der Waals surface area contributed by atoms with Crippen molar-refractivity contribution in [2.24, 2.45) is 0 Å². The van der Waals surface area contributed by atoms with Crippen LogP contribution in [-0.4, -0.2) is 33.0 Å². The van der Waals surface area contributed by atoms with Gasteiger partial charge >= 0.3 is 11.8 Å². The van der Waals surface area contributed by atoms with Crippen LogP contribution in [0.5, 0.6) is 5.75 Å². The summed E-state index contributed by atoms with van der Waals surface area (Å²) in [5, 5.41) is 5.08. The van der Waals surface area contributed by atoms with Crippen LogP contribution in [0.4, 0.5) is 17.1 Å². The van der Waals surface area contributed by atoms with E-state index in [1.807, 2.05) is 31.1 Å². The maximum atomic E-state index is 11.9. The molecule has 0 saturated heterocycles. The van der Waals surface area contributed by atoms with Crippen LogP contribution in [0.1, 0.15) is 0 Å². The standard InChI is InChI=1S/C17H19N3O3/c1-20(2)14-8-4-12(5-9-14)18-16(21)17(22)19-13-6-10-15(23-3)11-7-13/h4-11H,1-3H3,(H,18,21)(H,19,22). The molecule has 2 rings (SSSR count). The van der Waals surface area contributed by atoms with Crippen molar-refractivity contribution < 1.29 is 14.3 Å². The zero-order valence-electron chi connectivity index (χ0n) is 13.3. The molecule has 0 aliphatic carbocycles. The first-order chi connectivity index (χ1) is 11.0. The van der Waals surface area contributed by atoms with Crippen molar-refractivity contribution in [3.8, 4) is 5.75 Å². The first-order valence-corrected chi connectivity index (χ1v) is 7.03. The zero-order chi connectivity index (χ0) is 16.8. The summed E-state index contributed by atoms with van der Waals surface area (Å²) in [5.41, 5.74) is 2.09. The maximum absolute atomic E-state index is 11.9. The molecule has 2 aromatic carbocycles. The van der Waals surface area contributed by atoms with Crippen molar-refractivity contribution in [1.82, 2.24) is 0 Å². The summed E-state index contributed by atoms with van der Waals surface area (Å²) in [6, 6.07) is 13.9. The van der Waals surface area contributed by atoms with E-state index in [-0.39, 0.29) is 0 Å². The van der Waals surface area contributed by atoms with E-state index in [2.05, 4.69) is 10.6 Å². The highest BCUT2D eigenvalue weighted by Crippen LogP contribution is 2.17. The number of amides is 2. The number of carbonyl (C=O) groups is 2. The number of ether oxygens (including phenoxy) is 1. The minimum atomic E-state index is -0.730. The molecule has 0 radical (unpaired) electrons. The molecule has 0 aliphatic rings. The normalized spacial score (nSPS) is 9.87. The molecule has 0 bridgehead atoms. The van der Waals surface area contributed by atoms with Gasteiger partial charge < -0.3 is 20.3 Å². The van der Waals surface area contributed by atoms with Gasteiger partial charge in [0.05, 0.1) is 7.11 Å². The molecule has 120 valence electrons. The van der Waals surface area contributed by atoms with Crippen LogP contribution >= 0.6 is 0 Å². The predicted molar refractivity (Wildman–Crippen MR) is 91.0 cm³/mol. The van der Waals surface area contributed by atoms with Crippen LogP contribution in [0.3, 0.4) is 0 Å². The van der Waals surface area contributed by atoms with Crippen molar-refractivity contribution >= 4 is 28.9 Å². The molecule has 6 heteroatoms. The lowest BCUT2D eigenvalue weighted by molar-refractivity contribution is -0.132. The van der Waals surface area contributed by atoms with E-state index in [0.29, 0.717) is 17.1 Å². The van der Waals surface area contributed by atoms with E-state index in [0.717, 1.165) is 5.69 Å². The highest BCUT2D eigenvalue weighted by atomic mass is 16.5. The second-order valence-electron chi connectivity index (χ2n) is 5.08. The Kier molecular flexibility index (Phi) is 5.19. The van der Waals surface area contributed by atoms with Crippen LogP contribution in [0.15, 0.2) is 48.5 Å². The molecule has 2 N–H and O–H groups in total. The van der Waals surface area contributed by atoms with Crippen LogP contribution < -0.4 is 20.3 Å². The van der Waals surface area contributed by atoms with E-state index in [1.54, 1.807) is 43.5 Å². The Morgan fingerprint density at radius 2 is 1.26 bits per heavy atom. The molecule has 0 unspecified atom stereocenters. The number of rotatable bonds is 4. The Morgan fingerprint density at radius 1 is 0.826 bits per heavy atom. The van der Waals surface area contributed by atoms with Crippen LogP contribution in [0.25, 0.3) is 0 Å². The number of nitrogens with one attached hydrogen (secondary N) is 2. The lowest BCUT2D eigenvalue weighted by atomic mass is 10.2. The van der Waals surface area contributed by atoms with E-state index in [1.165, 1.54) is 0 Å². The smallest absolute Gasteiger partial charge is 0.314 e. The molecule has 0 fully saturated rings. The molecule has 23 heavy (non-hydrogen) atoms. The van der Waals surface area contributed by atoms with Crippen molar-refractivity contribution in [3.05, 3.63) is 48.5 Å². The summed E-state index contributed by atoms with van der Waals surface area (Å²) in [5.74, 6) is -0.779. The van der Waals surface area contributed by atoms with Gasteiger partial charge in [0.1, 0.15) is 5.75 Å². The Morgan fingerprint density at radius 3 is 1.65 bits per heavy atom. The number of hydrogen-bond acceptors (Lipinski definition) is 4. The fraction of sp³-hybridized carbons (Fsp3) is 0.176. The van der Waals surface area contributed by atoms with Crippen molar-refractivity contribution in [3.63, 3.8) is 0 Å². The molecule has 0 aliphatic heterocycles. The largest absolute Gasteiger partial charge is 0.497 e. The van der Waals surface area contributed by atoms with Gasteiger partial charge in [-0.2, -0.15) is 0 Å². The summed E-state index contributed by atoms with van der Waals surface area (Å²) in [7, 11) is 5.41. The van der Waals surface area contributed by atoms with Gasteiger partial charge in [-0.3, -0.25) is 9.59 Å². The third kappa shape index (κ3) is 4.47. The van der Waals surface area contributed by atoms with Gasteiger partial charge in [-0.05, 0) is 48.5 Å². The lowest BCUT2D eigenvalue weighted by Gasteiger charge is -2.13. The average molecular weight is 313 g/mol. The van der Waals surface area contributed by atoms with E-state index in [4.69, 9.17) is 4.74 Å². The molecule has 0 atom stereocenters. The van der Waals surface area contributed by atoms with Crippen molar-refractivity contribution in [2.45, 2.75) is 0 Å². The Labute approximate surface area is 135 Å². The second kappa shape index (κ2) is 7.31. The fourth-order valence-electron chi connectivity index (χ4n) is 1.89. The molecule has 0 heterocycles. The van der Waals surface area contributed by atoms with Gasteiger partial charge in [-0.25, -0.2) is 0 Å². The van der Waals surface area contributed by atoms with Gasteiger partial charge in [0.25, 0.3) is 0 Å². The van der Waals surface area contributed by atoms with Gasteiger partial charge in [-0.1, -0.05) is 0 Å². The number of benzene rings is 2. The van der Waals surface area contributed by atoms with Crippen LogP contribution in [-0.2, 0) is 9.59 Å². The SMILES string of the molecule is COc1ccc(NC(=O)C(=O)Nc2ccc(N(C)C)cc2)cc1. The number of nitrogens with zero attached hydrogens (tertiary/aromatic N) is 1. The topological polar surface area (TPSA) is 70.7 Å². The summed E-state index contributed by atoms with van der Waals surface area (Å²) >= 11 is 0. The Hall–Kier alpha value is -3.02. The summed E-state index contributed by atoms with van der Waals surface area (Å²) in [4.78, 5) is 25.7. The Balaban J connectivity index is 1.95. The molecular formula is C17H19N3O3. The quantitative estimate of drug-likeness (QED) is 0.850. The number of carbonyl (C=O) groups excluding carboxylic acids is 2. The minimum Gasteiger partial charge on any atom is -0.497 e. The van der Waals surface area contributed by atoms with Gasteiger partial charge in [0.15, 0.2) is 0 Å². The molecule has 6 nitrogen and oxygen atoms in total. The lowest BCUT2D eigenvalue weighted by Crippen LogP contribution is -2.29. The van der Waals surface area contributed by atoms with Crippen LogP contribution in [0.2, 0.25) is 0 Å². The highest BCUT2D eigenvalue weighted by Gasteiger charge is 2.14. The maximum Gasteiger partial charge on any atom is 0.314 e. The molecule has 2 amide bonds. The molecular weight excluding hydrogens is 294 g/mol. The Bertz CT molecular complexity index is 679. The van der Waals surface area contributed by atoms with E-state index < -0.39 is 11.8 Å². The van der Waals surface area contributed by atoms with E-state index >= 15 is 0 Å². The van der Waals surface area contributed by atoms with Crippen LogP contribution in [0, 0.1) is 0 Å². The third-order valence-corrected chi connectivity index (χ3v) is 3.20. The number of anilines is 3. The van der Waals surface area contributed by atoms with Gasteiger partial charge in [0.2, 0.25) is 0 Å².